The van der Waals surface area contributed by atoms with Crippen molar-refractivity contribution in [3.8, 4) is 0 Å². The van der Waals surface area contributed by atoms with E-state index in [-0.39, 0.29) is 23.8 Å². The van der Waals surface area contributed by atoms with Crippen LogP contribution >= 0.6 is 22.9 Å². The van der Waals surface area contributed by atoms with E-state index in [1.54, 1.807) is 11.3 Å². The van der Waals surface area contributed by atoms with E-state index in [1.165, 1.54) is 0 Å². The Hall–Kier alpha value is -1.85. The summed E-state index contributed by atoms with van der Waals surface area (Å²) in [6.45, 7) is 0.404. The summed E-state index contributed by atoms with van der Waals surface area (Å²) in [6.07, 6.45) is 0.997. The van der Waals surface area contributed by atoms with Gasteiger partial charge in [-0.2, -0.15) is 11.3 Å². The number of halogens is 1. The Bertz CT molecular complexity index is 675. The number of piperidine rings is 1. The minimum atomic E-state index is -0.205. The molecule has 0 radical (unpaired) electrons. The maximum atomic E-state index is 12.6. The molecule has 4 nitrogen and oxygen atoms in total. The fraction of sp³-hybridized carbons (Fsp3) is 0.294. The van der Waals surface area contributed by atoms with Gasteiger partial charge in [-0.3, -0.25) is 9.59 Å². The predicted octanol–water partition coefficient (Wildman–Crippen LogP) is 3.13. The Morgan fingerprint density at radius 2 is 2.04 bits per heavy atom. The standard InChI is InChI=1S/C17H17ClN2O2S/c18-14-4-1-11(2-5-14)16(13-7-8-23-10-13)20-17(22)12-3-6-15(21)19-9-12/h1-2,4-5,7-8,10,12,16H,3,6,9H2,(H,19,21)(H,20,22)/t12-,16+/m0/s1. The van der Waals surface area contributed by atoms with E-state index < -0.39 is 0 Å². The average Bonchev–Trinajstić information content (AvgIpc) is 3.08. The minimum absolute atomic E-state index is 0.0149. The maximum Gasteiger partial charge on any atom is 0.225 e. The third-order valence-corrected chi connectivity index (χ3v) is 4.96. The Morgan fingerprint density at radius 1 is 1.26 bits per heavy atom. The van der Waals surface area contributed by atoms with E-state index in [2.05, 4.69) is 10.6 Å². The quantitative estimate of drug-likeness (QED) is 0.891. The lowest BCUT2D eigenvalue weighted by molar-refractivity contribution is -0.129. The molecular formula is C17H17ClN2O2S. The second kappa shape index (κ2) is 7.15. The number of hydrogen-bond acceptors (Lipinski definition) is 3. The van der Waals surface area contributed by atoms with Crippen LogP contribution in [0.4, 0.5) is 0 Å². The van der Waals surface area contributed by atoms with Crippen LogP contribution in [0, 0.1) is 5.92 Å². The zero-order valence-electron chi connectivity index (χ0n) is 12.4. The summed E-state index contributed by atoms with van der Waals surface area (Å²) in [4.78, 5) is 23.8. The van der Waals surface area contributed by atoms with Crippen molar-refractivity contribution in [2.45, 2.75) is 18.9 Å². The van der Waals surface area contributed by atoms with E-state index in [1.807, 2.05) is 41.1 Å². The molecule has 120 valence electrons. The van der Waals surface area contributed by atoms with Gasteiger partial charge in [0.25, 0.3) is 0 Å². The van der Waals surface area contributed by atoms with Gasteiger partial charge in [-0.25, -0.2) is 0 Å². The highest BCUT2D eigenvalue weighted by atomic mass is 35.5. The minimum Gasteiger partial charge on any atom is -0.355 e. The van der Waals surface area contributed by atoms with Crippen molar-refractivity contribution in [3.63, 3.8) is 0 Å². The molecule has 6 heteroatoms. The molecule has 0 aliphatic carbocycles. The summed E-state index contributed by atoms with van der Waals surface area (Å²) in [7, 11) is 0. The molecule has 23 heavy (non-hydrogen) atoms. The number of thiophene rings is 1. The van der Waals surface area contributed by atoms with Gasteiger partial charge < -0.3 is 10.6 Å². The van der Waals surface area contributed by atoms with Crippen molar-refractivity contribution < 1.29 is 9.59 Å². The first-order valence-electron chi connectivity index (χ1n) is 7.48. The molecule has 1 aliphatic rings. The molecule has 1 fully saturated rings. The summed E-state index contributed by atoms with van der Waals surface area (Å²) in [5.74, 6) is -0.196. The van der Waals surface area contributed by atoms with Crippen molar-refractivity contribution in [1.82, 2.24) is 10.6 Å². The van der Waals surface area contributed by atoms with E-state index in [9.17, 15) is 9.59 Å². The highest BCUT2D eigenvalue weighted by molar-refractivity contribution is 7.08. The molecule has 2 amide bonds. The van der Waals surface area contributed by atoms with Crippen molar-refractivity contribution in [1.29, 1.82) is 0 Å². The van der Waals surface area contributed by atoms with Crippen LogP contribution in [-0.2, 0) is 9.59 Å². The van der Waals surface area contributed by atoms with Crippen molar-refractivity contribution in [2.75, 3.05) is 6.54 Å². The van der Waals surface area contributed by atoms with Gasteiger partial charge >= 0.3 is 0 Å². The Labute approximate surface area is 143 Å². The number of nitrogens with one attached hydrogen (secondary N) is 2. The fourth-order valence-electron chi connectivity index (χ4n) is 2.67. The Morgan fingerprint density at radius 3 is 2.65 bits per heavy atom. The number of carbonyl (C=O) groups is 2. The first kappa shape index (κ1) is 16.0. The molecular weight excluding hydrogens is 332 g/mol. The number of amides is 2. The molecule has 1 aliphatic heterocycles. The third kappa shape index (κ3) is 3.92. The van der Waals surface area contributed by atoms with E-state index in [4.69, 9.17) is 11.6 Å². The lowest BCUT2D eigenvalue weighted by Crippen LogP contribution is -2.44. The first-order valence-corrected chi connectivity index (χ1v) is 8.80. The van der Waals surface area contributed by atoms with Crippen molar-refractivity contribution in [2.24, 2.45) is 5.92 Å². The molecule has 0 unspecified atom stereocenters. The first-order chi connectivity index (χ1) is 11.1. The zero-order chi connectivity index (χ0) is 16.2. The van der Waals surface area contributed by atoms with E-state index in [0.29, 0.717) is 24.4 Å². The Kier molecular flexibility index (Phi) is 4.98. The molecule has 1 saturated heterocycles. The highest BCUT2D eigenvalue weighted by Crippen LogP contribution is 2.26. The van der Waals surface area contributed by atoms with Crippen LogP contribution in [0.25, 0.3) is 0 Å². The van der Waals surface area contributed by atoms with Gasteiger partial charge in [0.1, 0.15) is 0 Å². The van der Waals surface area contributed by atoms with Gasteiger partial charge in [-0.05, 0) is 46.5 Å². The molecule has 2 aromatic rings. The van der Waals surface area contributed by atoms with Gasteiger partial charge in [0.05, 0.1) is 12.0 Å². The second-order valence-electron chi connectivity index (χ2n) is 5.59. The molecule has 3 rings (SSSR count). The van der Waals surface area contributed by atoms with Crippen LogP contribution in [0.2, 0.25) is 5.02 Å². The normalized spacial score (nSPS) is 19.0. The molecule has 2 atom stereocenters. The van der Waals surface area contributed by atoms with Crippen LogP contribution in [0.15, 0.2) is 41.1 Å². The fourth-order valence-corrected chi connectivity index (χ4v) is 3.48. The molecule has 0 spiro atoms. The molecule has 1 aromatic heterocycles. The maximum absolute atomic E-state index is 12.6. The third-order valence-electron chi connectivity index (χ3n) is 4.00. The lowest BCUT2D eigenvalue weighted by atomic mass is 9.96. The highest BCUT2D eigenvalue weighted by Gasteiger charge is 2.27. The van der Waals surface area contributed by atoms with E-state index in [0.717, 1.165) is 11.1 Å². The molecule has 0 bridgehead atoms. The van der Waals surface area contributed by atoms with Crippen LogP contribution in [-0.4, -0.2) is 18.4 Å². The van der Waals surface area contributed by atoms with Gasteiger partial charge in [0.15, 0.2) is 0 Å². The molecule has 2 heterocycles. The van der Waals surface area contributed by atoms with Gasteiger partial charge in [-0.1, -0.05) is 23.7 Å². The van der Waals surface area contributed by atoms with E-state index >= 15 is 0 Å². The topological polar surface area (TPSA) is 58.2 Å². The summed E-state index contributed by atoms with van der Waals surface area (Å²) in [6, 6.07) is 9.30. The van der Waals surface area contributed by atoms with Crippen LogP contribution in [0.1, 0.15) is 30.0 Å². The molecule has 2 N–H and O–H groups in total. The number of hydrogen-bond donors (Lipinski definition) is 2. The number of rotatable bonds is 4. The monoisotopic (exact) mass is 348 g/mol. The lowest BCUT2D eigenvalue weighted by Gasteiger charge is -2.25. The van der Waals surface area contributed by atoms with Crippen LogP contribution in [0.3, 0.4) is 0 Å². The molecule has 0 saturated carbocycles. The summed E-state index contributed by atoms with van der Waals surface area (Å²) in [5, 5.41) is 10.6. The summed E-state index contributed by atoms with van der Waals surface area (Å²) < 4.78 is 0. The molecule has 1 aromatic carbocycles. The van der Waals surface area contributed by atoms with Crippen molar-refractivity contribution in [3.05, 3.63) is 57.2 Å². The largest absolute Gasteiger partial charge is 0.355 e. The second-order valence-corrected chi connectivity index (χ2v) is 6.81. The van der Waals surface area contributed by atoms with Gasteiger partial charge in [0.2, 0.25) is 11.8 Å². The van der Waals surface area contributed by atoms with Crippen molar-refractivity contribution >= 4 is 34.8 Å². The van der Waals surface area contributed by atoms with Gasteiger partial charge in [0, 0.05) is 18.0 Å². The summed E-state index contributed by atoms with van der Waals surface area (Å²) >= 11 is 7.55. The number of carbonyl (C=O) groups excluding carboxylic acids is 2. The van der Waals surface area contributed by atoms with Gasteiger partial charge in [-0.15, -0.1) is 0 Å². The zero-order valence-corrected chi connectivity index (χ0v) is 14.0. The SMILES string of the molecule is O=C1CC[C@H](C(=O)N[C@H](c2ccc(Cl)cc2)c2ccsc2)CN1. The predicted molar refractivity (Wildman–Crippen MR) is 91.5 cm³/mol. The number of benzene rings is 1. The Balaban J connectivity index is 1.78. The summed E-state index contributed by atoms with van der Waals surface area (Å²) in [5.41, 5.74) is 2.03. The van der Waals surface area contributed by atoms with Crippen LogP contribution in [0.5, 0.6) is 0 Å². The smallest absolute Gasteiger partial charge is 0.225 e. The van der Waals surface area contributed by atoms with Crippen LogP contribution < -0.4 is 10.6 Å². The average molecular weight is 349 g/mol.